The van der Waals surface area contributed by atoms with Crippen LogP contribution in [0, 0.1) is 0 Å². The summed E-state index contributed by atoms with van der Waals surface area (Å²) in [6, 6.07) is 16.7. The molecule has 8 heteroatoms. The van der Waals surface area contributed by atoms with E-state index in [1.54, 1.807) is 43.9 Å². The SMILES string of the molecule is CC(C)(C)OC(=O)[C@H](CCCSc1nc2ccccc2s1)NC(=O)OCc1ccccc1. The Morgan fingerprint density at radius 3 is 2.53 bits per heavy atom. The van der Waals surface area contributed by atoms with Gasteiger partial charge in [-0.25, -0.2) is 14.6 Å². The smallest absolute Gasteiger partial charge is 0.408 e. The number of hydrogen-bond donors (Lipinski definition) is 1. The molecule has 1 heterocycles. The third kappa shape index (κ3) is 7.84. The summed E-state index contributed by atoms with van der Waals surface area (Å²) in [5.74, 6) is 0.319. The van der Waals surface area contributed by atoms with Gasteiger partial charge in [-0.3, -0.25) is 0 Å². The van der Waals surface area contributed by atoms with Crippen LogP contribution in [-0.2, 0) is 20.9 Å². The largest absolute Gasteiger partial charge is 0.458 e. The molecule has 2 aromatic carbocycles. The van der Waals surface area contributed by atoms with Crippen molar-refractivity contribution >= 4 is 45.4 Å². The van der Waals surface area contributed by atoms with Gasteiger partial charge < -0.3 is 14.8 Å². The van der Waals surface area contributed by atoms with Crippen LogP contribution in [0.1, 0.15) is 39.2 Å². The third-order valence-corrected chi connectivity index (χ3v) is 6.60. The lowest BCUT2D eigenvalue weighted by molar-refractivity contribution is -0.157. The van der Waals surface area contributed by atoms with E-state index < -0.39 is 23.7 Å². The van der Waals surface area contributed by atoms with Gasteiger partial charge in [0.05, 0.1) is 10.2 Å². The number of nitrogens with one attached hydrogen (secondary N) is 1. The molecule has 0 bridgehead atoms. The first kappa shape index (κ1) is 24.1. The molecule has 1 amide bonds. The minimum absolute atomic E-state index is 0.140. The zero-order valence-corrected chi connectivity index (χ0v) is 20.1. The molecule has 3 aromatic rings. The van der Waals surface area contributed by atoms with Gasteiger partial charge in [-0.15, -0.1) is 11.3 Å². The maximum absolute atomic E-state index is 12.6. The Kier molecular flexibility index (Phi) is 8.53. The van der Waals surface area contributed by atoms with Crippen molar-refractivity contribution in [3.05, 3.63) is 60.2 Å². The second-order valence-electron chi connectivity index (χ2n) is 8.23. The van der Waals surface area contributed by atoms with Gasteiger partial charge >= 0.3 is 12.1 Å². The summed E-state index contributed by atoms with van der Waals surface area (Å²) in [4.78, 5) is 29.6. The Morgan fingerprint density at radius 1 is 1.09 bits per heavy atom. The first-order valence-corrected chi connectivity index (χ1v) is 12.3. The Hall–Kier alpha value is -2.58. The van der Waals surface area contributed by atoms with E-state index in [1.165, 1.54) is 0 Å². The van der Waals surface area contributed by atoms with E-state index in [1.807, 2.05) is 48.5 Å². The topological polar surface area (TPSA) is 77.5 Å². The normalized spacial score (nSPS) is 12.3. The molecule has 0 spiro atoms. The van der Waals surface area contributed by atoms with Crippen molar-refractivity contribution in [2.45, 2.75) is 56.2 Å². The number of thiazole rings is 1. The van der Waals surface area contributed by atoms with Crippen molar-refractivity contribution in [2.75, 3.05) is 5.75 Å². The molecule has 170 valence electrons. The first-order chi connectivity index (χ1) is 15.3. The zero-order chi connectivity index (χ0) is 23.0. The highest BCUT2D eigenvalue weighted by molar-refractivity contribution is 8.01. The van der Waals surface area contributed by atoms with E-state index >= 15 is 0 Å². The lowest BCUT2D eigenvalue weighted by atomic mass is 10.1. The van der Waals surface area contributed by atoms with Crippen molar-refractivity contribution in [3.63, 3.8) is 0 Å². The Morgan fingerprint density at radius 2 is 1.81 bits per heavy atom. The van der Waals surface area contributed by atoms with Gasteiger partial charge in [0.1, 0.15) is 18.2 Å². The van der Waals surface area contributed by atoms with Crippen LogP contribution in [0.5, 0.6) is 0 Å². The molecule has 0 fully saturated rings. The van der Waals surface area contributed by atoms with Gasteiger partial charge in [-0.2, -0.15) is 0 Å². The van der Waals surface area contributed by atoms with E-state index in [2.05, 4.69) is 16.4 Å². The monoisotopic (exact) mass is 472 g/mol. The van der Waals surface area contributed by atoms with Crippen molar-refractivity contribution < 1.29 is 19.1 Å². The molecule has 32 heavy (non-hydrogen) atoms. The fraction of sp³-hybridized carbons (Fsp3) is 0.375. The number of alkyl carbamates (subject to hydrolysis) is 1. The number of nitrogens with zero attached hydrogens (tertiary/aromatic N) is 1. The van der Waals surface area contributed by atoms with Crippen LogP contribution in [0.3, 0.4) is 0 Å². The maximum atomic E-state index is 12.6. The highest BCUT2D eigenvalue weighted by Gasteiger charge is 2.27. The Bertz CT molecular complexity index is 998. The van der Waals surface area contributed by atoms with Crippen LogP contribution in [0.15, 0.2) is 58.9 Å². The number of esters is 1. The molecule has 0 aliphatic heterocycles. The molecule has 1 aromatic heterocycles. The van der Waals surface area contributed by atoms with Crippen LogP contribution < -0.4 is 5.32 Å². The third-order valence-electron chi connectivity index (χ3n) is 4.33. The molecule has 0 aliphatic carbocycles. The summed E-state index contributed by atoms with van der Waals surface area (Å²) in [6.07, 6.45) is 0.528. The fourth-order valence-corrected chi connectivity index (χ4v) is 4.99. The molecule has 0 saturated heterocycles. The van der Waals surface area contributed by atoms with Gasteiger partial charge in [0, 0.05) is 5.75 Å². The van der Waals surface area contributed by atoms with Crippen molar-refractivity contribution in [1.82, 2.24) is 10.3 Å². The number of ether oxygens (including phenoxy) is 2. The molecule has 1 N–H and O–H groups in total. The van der Waals surface area contributed by atoms with Crippen molar-refractivity contribution in [3.8, 4) is 0 Å². The van der Waals surface area contributed by atoms with E-state index in [0.717, 1.165) is 25.9 Å². The van der Waals surface area contributed by atoms with Crippen LogP contribution in [0.25, 0.3) is 10.2 Å². The Labute approximate surface area is 196 Å². The minimum Gasteiger partial charge on any atom is -0.458 e. The lowest BCUT2D eigenvalue weighted by Gasteiger charge is -2.24. The van der Waals surface area contributed by atoms with Gasteiger partial charge in [-0.1, -0.05) is 54.2 Å². The second kappa shape index (κ2) is 11.3. The van der Waals surface area contributed by atoms with E-state index in [-0.39, 0.29) is 6.61 Å². The van der Waals surface area contributed by atoms with Crippen LogP contribution >= 0.6 is 23.1 Å². The first-order valence-electron chi connectivity index (χ1n) is 10.5. The highest BCUT2D eigenvalue weighted by Crippen LogP contribution is 2.30. The minimum atomic E-state index is -0.770. The number of aromatic nitrogens is 1. The van der Waals surface area contributed by atoms with Gasteiger partial charge in [0.2, 0.25) is 0 Å². The predicted molar refractivity (Wildman–Crippen MR) is 129 cm³/mol. The molecule has 0 saturated carbocycles. The van der Waals surface area contributed by atoms with E-state index in [0.29, 0.717) is 12.8 Å². The fourth-order valence-electron chi connectivity index (χ4n) is 2.89. The summed E-state index contributed by atoms with van der Waals surface area (Å²) in [5, 5.41) is 2.67. The average molecular weight is 473 g/mol. The number of benzene rings is 2. The van der Waals surface area contributed by atoms with Gasteiger partial charge in [-0.05, 0) is 51.3 Å². The number of hydrogen-bond acceptors (Lipinski definition) is 7. The summed E-state index contributed by atoms with van der Waals surface area (Å²) in [7, 11) is 0. The molecule has 1 atom stereocenters. The zero-order valence-electron chi connectivity index (χ0n) is 18.5. The number of carbonyl (C=O) groups excluding carboxylic acids is 2. The summed E-state index contributed by atoms with van der Waals surface area (Å²) >= 11 is 3.31. The number of amides is 1. The van der Waals surface area contributed by atoms with Crippen LogP contribution in [0.4, 0.5) is 4.79 Å². The lowest BCUT2D eigenvalue weighted by Crippen LogP contribution is -2.44. The number of para-hydroxylation sites is 1. The molecule has 0 radical (unpaired) electrons. The van der Waals surface area contributed by atoms with Crippen molar-refractivity contribution in [1.29, 1.82) is 0 Å². The molecular weight excluding hydrogens is 444 g/mol. The van der Waals surface area contributed by atoms with Gasteiger partial charge in [0.15, 0.2) is 4.34 Å². The van der Waals surface area contributed by atoms with E-state index in [4.69, 9.17) is 9.47 Å². The highest BCUT2D eigenvalue weighted by atomic mass is 32.2. The molecule has 0 unspecified atom stereocenters. The maximum Gasteiger partial charge on any atom is 0.408 e. The average Bonchev–Trinajstić information content (AvgIpc) is 3.17. The van der Waals surface area contributed by atoms with Crippen LogP contribution in [0.2, 0.25) is 0 Å². The summed E-state index contributed by atoms with van der Waals surface area (Å²) in [6.45, 7) is 5.55. The summed E-state index contributed by atoms with van der Waals surface area (Å²) < 4.78 is 12.9. The van der Waals surface area contributed by atoms with E-state index in [9.17, 15) is 9.59 Å². The Balaban J connectivity index is 1.51. The second-order valence-corrected chi connectivity index (χ2v) is 10.6. The number of fused-ring (bicyclic) bond motifs is 1. The number of carbonyl (C=O) groups is 2. The number of thioether (sulfide) groups is 1. The van der Waals surface area contributed by atoms with Crippen LogP contribution in [-0.4, -0.2) is 34.4 Å². The van der Waals surface area contributed by atoms with Gasteiger partial charge in [0.25, 0.3) is 0 Å². The molecule has 0 aliphatic rings. The quantitative estimate of drug-likeness (QED) is 0.241. The molecule has 6 nitrogen and oxygen atoms in total. The predicted octanol–water partition coefficient (Wildman–Crippen LogP) is 5.81. The molecular formula is C24H28N2O4S2. The number of rotatable bonds is 9. The summed E-state index contributed by atoms with van der Waals surface area (Å²) in [5.41, 5.74) is 1.24. The van der Waals surface area contributed by atoms with Crippen molar-refractivity contribution in [2.24, 2.45) is 0 Å². The standard InChI is InChI=1S/C24H28N2O4S2/c1-24(2,3)30-21(27)19(25-22(28)29-16-17-10-5-4-6-11-17)13-9-15-31-23-26-18-12-7-8-14-20(18)32-23/h4-8,10-12,14,19H,9,13,15-16H2,1-3H3,(H,25,28)/t19-/m0/s1. The molecule has 3 rings (SSSR count).